The Balaban J connectivity index is 2.16. The van der Waals surface area contributed by atoms with E-state index in [1.54, 1.807) is 12.2 Å². The van der Waals surface area contributed by atoms with Gasteiger partial charge in [0.15, 0.2) is 0 Å². The van der Waals surface area contributed by atoms with Crippen molar-refractivity contribution in [2.24, 2.45) is 0 Å². The molecule has 3 aromatic rings. The molecule has 2 N–H and O–H groups in total. The van der Waals surface area contributed by atoms with Crippen LogP contribution in [0.4, 0.5) is 0 Å². The fraction of sp³-hybridized carbons (Fsp3) is 0.150. The van der Waals surface area contributed by atoms with Crippen LogP contribution in [0, 0.1) is 0 Å². The predicted octanol–water partition coefficient (Wildman–Crippen LogP) is 3.56. The lowest BCUT2D eigenvalue weighted by Crippen LogP contribution is -2.27. The van der Waals surface area contributed by atoms with Crippen LogP contribution in [-0.4, -0.2) is 28.1 Å². The van der Waals surface area contributed by atoms with Gasteiger partial charge in [-0.3, -0.25) is 9.69 Å². The van der Waals surface area contributed by atoms with Crippen LogP contribution < -0.4 is 5.56 Å². The first-order valence-electron chi connectivity index (χ1n) is 7.85. The maximum atomic E-state index is 12.5. The summed E-state index contributed by atoms with van der Waals surface area (Å²) in [5.41, 5.74) is 0.759. The zero-order valence-corrected chi connectivity index (χ0v) is 13.5. The Labute approximate surface area is 140 Å². The van der Waals surface area contributed by atoms with E-state index in [2.05, 4.69) is 18.1 Å². The summed E-state index contributed by atoms with van der Waals surface area (Å²) in [6.07, 6.45) is 3.53. The summed E-state index contributed by atoms with van der Waals surface area (Å²) in [6.45, 7) is 9.02. The molecule has 0 saturated carbocycles. The molecule has 0 radical (unpaired) electrons. The third kappa shape index (κ3) is 2.84. The smallest absolute Gasteiger partial charge is 0.256 e. The molecule has 0 bridgehead atoms. The lowest BCUT2D eigenvalue weighted by atomic mass is 10.0. The lowest BCUT2D eigenvalue weighted by Gasteiger charge is -2.19. The van der Waals surface area contributed by atoms with Gasteiger partial charge in [0.05, 0.1) is 11.1 Å². The Morgan fingerprint density at radius 3 is 2.46 bits per heavy atom. The topological polar surface area (TPSA) is 56.3 Å². The van der Waals surface area contributed by atoms with Crippen molar-refractivity contribution in [3.05, 3.63) is 77.6 Å². The Hall–Kier alpha value is -2.85. The number of fused-ring (bicyclic) bond motifs is 3. The molecule has 0 aliphatic carbocycles. The fourth-order valence-corrected chi connectivity index (χ4v) is 3.00. The van der Waals surface area contributed by atoms with Crippen LogP contribution >= 0.6 is 0 Å². The van der Waals surface area contributed by atoms with Crippen molar-refractivity contribution in [1.29, 1.82) is 0 Å². The van der Waals surface area contributed by atoms with E-state index in [4.69, 9.17) is 0 Å². The molecule has 122 valence electrons. The summed E-state index contributed by atoms with van der Waals surface area (Å²) in [7, 11) is 0. The molecule has 1 heterocycles. The summed E-state index contributed by atoms with van der Waals surface area (Å²) >= 11 is 0. The van der Waals surface area contributed by atoms with Crippen molar-refractivity contribution < 1.29 is 5.11 Å². The Morgan fingerprint density at radius 1 is 1.04 bits per heavy atom. The minimum Gasteiger partial charge on any atom is -0.507 e. The number of H-pyrrole nitrogens is 1. The van der Waals surface area contributed by atoms with Gasteiger partial charge in [0.2, 0.25) is 0 Å². The molecule has 0 amide bonds. The van der Waals surface area contributed by atoms with Gasteiger partial charge in [-0.1, -0.05) is 42.5 Å². The molecule has 3 rings (SSSR count). The second kappa shape index (κ2) is 6.72. The molecular formula is C20H20N2O2. The summed E-state index contributed by atoms with van der Waals surface area (Å²) in [5.74, 6) is 0.0395. The van der Waals surface area contributed by atoms with Crippen LogP contribution in [0.15, 0.2) is 66.5 Å². The molecule has 2 aromatic carbocycles. The average Bonchev–Trinajstić information content (AvgIpc) is 2.58. The van der Waals surface area contributed by atoms with Crippen molar-refractivity contribution >= 4 is 21.7 Å². The standard InChI is InChI=1S/C20H20N2O2/c1-3-11-22(12-4-2)13-17-19(23)16-10-9-14-7-5-6-8-15(14)18(16)21-20(17)24/h3-10H,1-2,11-13H2,(H2,21,23,24). The number of hydrogen-bond donors (Lipinski definition) is 2. The molecule has 0 aliphatic rings. The van der Waals surface area contributed by atoms with Gasteiger partial charge in [-0.05, 0) is 11.5 Å². The summed E-state index contributed by atoms with van der Waals surface area (Å²) in [4.78, 5) is 17.5. The number of nitrogens with zero attached hydrogens (tertiary/aromatic N) is 1. The first kappa shape index (κ1) is 16.0. The molecular weight excluding hydrogens is 300 g/mol. The quantitative estimate of drug-likeness (QED) is 0.539. The van der Waals surface area contributed by atoms with Gasteiger partial charge in [-0.15, -0.1) is 13.2 Å². The van der Waals surface area contributed by atoms with E-state index in [-0.39, 0.29) is 11.3 Å². The number of rotatable bonds is 6. The maximum Gasteiger partial charge on any atom is 0.256 e. The van der Waals surface area contributed by atoms with Crippen molar-refractivity contribution in [2.45, 2.75) is 6.54 Å². The predicted molar refractivity (Wildman–Crippen MR) is 99.4 cm³/mol. The largest absolute Gasteiger partial charge is 0.507 e. The minimum absolute atomic E-state index is 0.0395. The Kier molecular flexibility index (Phi) is 4.49. The van der Waals surface area contributed by atoms with E-state index in [1.165, 1.54) is 0 Å². The van der Waals surface area contributed by atoms with E-state index < -0.39 is 0 Å². The number of aromatic nitrogens is 1. The molecule has 24 heavy (non-hydrogen) atoms. The van der Waals surface area contributed by atoms with Crippen molar-refractivity contribution in [3.8, 4) is 5.75 Å². The molecule has 1 aromatic heterocycles. The highest BCUT2D eigenvalue weighted by atomic mass is 16.3. The Morgan fingerprint density at radius 2 is 1.75 bits per heavy atom. The zero-order valence-electron chi connectivity index (χ0n) is 13.5. The van der Waals surface area contributed by atoms with E-state index in [0.717, 1.165) is 10.8 Å². The summed E-state index contributed by atoms with van der Waals surface area (Å²) in [6, 6.07) is 11.6. The highest BCUT2D eigenvalue weighted by Gasteiger charge is 2.15. The molecule has 0 saturated heterocycles. The van der Waals surface area contributed by atoms with Gasteiger partial charge in [-0.25, -0.2) is 0 Å². The lowest BCUT2D eigenvalue weighted by molar-refractivity contribution is 0.319. The van der Waals surface area contributed by atoms with Crippen LogP contribution in [0.2, 0.25) is 0 Å². The number of benzene rings is 2. The van der Waals surface area contributed by atoms with Crippen LogP contribution in [0.5, 0.6) is 5.75 Å². The molecule has 0 spiro atoms. The molecule has 0 atom stereocenters. The minimum atomic E-state index is -0.269. The third-order valence-electron chi connectivity index (χ3n) is 4.14. The molecule has 4 heteroatoms. The van der Waals surface area contributed by atoms with Gasteiger partial charge < -0.3 is 10.1 Å². The third-order valence-corrected chi connectivity index (χ3v) is 4.14. The van der Waals surface area contributed by atoms with Crippen molar-refractivity contribution in [2.75, 3.05) is 13.1 Å². The van der Waals surface area contributed by atoms with Gasteiger partial charge in [-0.2, -0.15) is 0 Å². The van der Waals surface area contributed by atoms with Crippen molar-refractivity contribution in [1.82, 2.24) is 9.88 Å². The van der Waals surface area contributed by atoms with Gasteiger partial charge in [0.25, 0.3) is 5.56 Å². The van der Waals surface area contributed by atoms with Crippen LogP contribution in [-0.2, 0) is 6.54 Å². The number of hydrogen-bond acceptors (Lipinski definition) is 3. The summed E-state index contributed by atoms with van der Waals surface area (Å²) < 4.78 is 0. The van der Waals surface area contributed by atoms with E-state index >= 15 is 0 Å². The van der Waals surface area contributed by atoms with E-state index in [9.17, 15) is 9.90 Å². The molecule has 0 aliphatic heterocycles. The maximum absolute atomic E-state index is 12.5. The van der Waals surface area contributed by atoms with Crippen LogP contribution in [0.25, 0.3) is 21.7 Å². The second-order valence-corrected chi connectivity index (χ2v) is 5.76. The number of pyridine rings is 1. The SMILES string of the molecule is C=CCN(CC=C)Cc1c(O)c2ccc3ccccc3c2[nH]c1=O. The highest BCUT2D eigenvalue weighted by Crippen LogP contribution is 2.30. The van der Waals surface area contributed by atoms with Crippen LogP contribution in [0.3, 0.4) is 0 Å². The molecule has 0 unspecified atom stereocenters. The number of nitrogens with one attached hydrogen (secondary N) is 1. The van der Waals surface area contributed by atoms with Gasteiger partial charge in [0.1, 0.15) is 5.75 Å². The number of aromatic hydroxyl groups is 1. The second-order valence-electron chi connectivity index (χ2n) is 5.76. The summed E-state index contributed by atoms with van der Waals surface area (Å²) in [5, 5.41) is 13.3. The molecule has 0 fully saturated rings. The van der Waals surface area contributed by atoms with Crippen molar-refractivity contribution in [3.63, 3.8) is 0 Å². The van der Waals surface area contributed by atoms with Gasteiger partial charge in [0, 0.05) is 30.4 Å². The zero-order chi connectivity index (χ0) is 17.1. The average molecular weight is 320 g/mol. The monoisotopic (exact) mass is 320 g/mol. The number of aromatic amines is 1. The normalized spacial score (nSPS) is 11.2. The van der Waals surface area contributed by atoms with E-state index in [0.29, 0.717) is 36.1 Å². The first-order chi connectivity index (χ1) is 11.7. The van der Waals surface area contributed by atoms with E-state index in [1.807, 2.05) is 41.3 Å². The Bertz CT molecular complexity index is 962. The highest BCUT2D eigenvalue weighted by molar-refractivity contribution is 6.07. The molecule has 4 nitrogen and oxygen atoms in total. The first-order valence-corrected chi connectivity index (χ1v) is 7.85. The fourth-order valence-electron chi connectivity index (χ4n) is 3.00. The van der Waals surface area contributed by atoms with Crippen LogP contribution in [0.1, 0.15) is 5.56 Å². The van der Waals surface area contributed by atoms with Gasteiger partial charge >= 0.3 is 0 Å².